The molecule has 1 aromatic rings. The van der Waals surface area contributed by atoms with E-state index < -0.39 is 0 Å². The van der Waals surface area contributed by atoms with E-state index in [9.17, 15) is 4.39 Å². The molecule has 0 amide bonds. The van der Waals surface area contributed by atoms with E-state index in [2.05, 4.69) is 26.7 Å². The summed E-state index contributed by atoms with van der Waals surface area (Å²) in [6, 6.07) is 3.33. The van der Waals surface area contributed by atoms with Gasteiger partial charge in [0.15, 0.2) is 17.6 Å². The van der Waals surface area contributed by atoms with Gasteiger partial charge in [-0.15, -0.1) is 24.0 Å². The molecule has 0 spiro atoms. The summed E-state index contributed by atoms with van der Waals surface area (Å²) in [7, 11) is 1.79. The summed E-state index contributed by atoms with van der Waals surface area (Å²) in [5, 5.41) is 6.82. The maximum absolute atomic E-state index is 13.8. The van der Waals surface area contributed by atoms with Crippen molar-refractivity contribution in [3.05, 3.63) is 35.8 Å². The van der Waals surface area contributed by atoms with Crippen LogP contribution in [0.2, 0.25) is 0 Å². The molecular formula is C18H27FIN5. The Hall–Kier alpha value is -1.38. The van der Waals surface area contributed by atoms with Gasteiger partial charge in [-0.25, -0.2) is 9.37 Å². The van der Waals surface area contributed by atoms with E-state index in [1.807, 2.05) is 4.90 Å². The molecule has 0 bridgehead atoms. The van der Waals surface area contributed by atoms with Gasteiger partial charge in [0.2, 0.25) is 0 Å². The summed E-state index contributed by atoms with van der Waals surface area (Å²) < 4.78 is 13.8. The first-order valence-corrected chi connectivity index (χ1v) is 8.77. The number of aromatic nitrogens is 1. The first-order valence-electron chi connectivity index (χ1n) is 8.77. The fourth-order valence-corrected chi connectivity index (χ4v) is 3.37. The maximum atomic E-state index is 13.8. The largest absolute Gasteiger partial charge is 0.356 e. The monoisotopic (exact) mass is 459 g/mol. The maximum Gasteiger partial charge on any atom is 0.191 e. The molecular weight excluding hydrogens is 432 g/mol. The van der Waals surface area contributed by atoms with Gasteiger partial charge in [0, 0.05) is 38.9 Å². The van der Waals surface area contributed by atoms with Crippen LogP contribution in [0.4, 0.5) is 10.2 Å². The van der Waals surface area contributed by atoms with Gasteiger partial charge in [-0.2, -0.15) is 0 Å². The second kappa shape index (κ2) is 9.94. The summed E-state index contributed by atoms with van der Waals surface area (Å²) in [6.07, 6.45) is 9.78. The summed E-state index contributed by atoms with van der Waals surface area (Å²) in [5.41, 5.74) is 1.55. The van der Waals surface area contributed by atoms with Crippen molar-refractivity contribution in [2.45, 2.75) is 38.1 Å². The molecule has 2 N–H and O–H groups in total. The molecule has 25 heavy (non-hydrogen) atoms. The van der Waals surface area contributed by atoms with Gasteiger partial charge in [-0.05, 0) is 44.2 Å². The molecule has 3 rings (SSSR count). The predicted octanol–water partition coefficient (Wildman–Crippen LogP) is 3.08. The second-order valence-electron chi connectivity index (χ2n) is 6.39. The number of guanidine groups is 1. The average Bonchev–Trinajstić information content (AvgIpc) is 3.26. The van der Waals surface area contributed by atoms with Crippen molar-refractivity contribution >= 4 is 35.8 Å². The average molecular weight is 459 g/mol. The van der Waals surface area contributed by atoms with E-state index in [4.69, 9.17) is 0 Å². The Balaban J connectivity index is 0.00000225. The lowest BCUT2D eigenvalue weighted by Gasteiger charge is -2.20. The lowest BCUT2D eigenvalue weighted by Crippen LogP contribution is -2.45. The van der Waals surface area contributed by atoms with E-state index in [0.717, 1.165) is 38.4 Å². The summed E-state index contributed by atoms with van der Waals surface area (Å²) in [4.78, 5) is 10.4. The van der Waals surface area contributed by atoms with Crippen LogP contribution >= 0.6 is 24.0 Å². The molecule has 0 saturated carbocycles. The van der Waals surface area contributed by atoms with Crippen LogP contribution in [0.15, 0.2) is 35.0 Å². The molecule has 7 heteroatoms. The fraction of sp³-hybridized carbons (Fsp3) is 0.556. The highest BCUT2D eigenvalue weighted by atomic mass is 127. The molecule has 1 aliphatic carbocycles. The van der Waals surface area contributed by atoms with Gasteiger partial charge in [-0.3, -0.25) is 4.99 Å². The van der Waals surface area contributed by atoms with Crippen molar-refractivity contribution in [2.24, 2.45) is 4.99 Å². The zero-order chi connectivity index (χ0) is 16.8. The molecule has 1 fully saturated rings. The normalized spacial score (nSPS) is 20.2. The highest BCUT2D eigenvalue weighted by Crippen LogP contribution is 2.21. The van der Waals surface area contributed by atoms with Crippen molar-refractivity contribution in [2.75, 3.05) is 31.6 Å². The number of rotatable bonds is 5. The standard InChI is InChI=1S/C18H26FN5.HI/c1-20-18(22-11-8-14-5-2-3-6-14)23-15-9-12-24(13-15)17-16(19)7-4-10-21-17;/h4-5,7,10,15H,2-3,6,8-9,11-13H2,1H3,(H2,20,22,23);1H. The predicted molar refractivity (Wildman–Crippen MR) is 111 cm³/mol. The number of anilines is 1. The first kappa shape index (κ1) is 19.9. The van der Waals surface area contributed by atoms with Gasteiger partial charge in [0.25, 0.3) is 0 Å². The van der Waals surface area contributed by atoms with E-state index in [1.54, 1.807) is 24.9 Å². The van der Waals surface area contributed by atoms with E-state index in [-0.39, 0.29) is 35.8 Å². The minimum absolute atomic E-state index is 0. The number of nitrogens with one attached hydrogen (secondary N) is 2. The van der Waals surface area contributed by atoms with Crippen LogP contribution in [0.5, 0.6) is 0 Å². The minimum Gasteiger partial charge on any atom is -0.356 e. The third kappa shape index (κ3) is 5.55. The number of pyridine rings is 1. The molecule has 1 saturated heterocycles. The Bertz CT molecular complexity index is 619. The van der Waals surface area contributed by atoms with E-state index in [1.165, 1.54) is 25.3 Å². The number of aliphatic imine (C=N–C) groups is 1. The number of allylic oxidation sites excluding steroid dienone is 1. The summed E-state index contributed by atoms with van der Waals surface area (Å²) in [5.74, 6) is 1.00. The lowest BCUT2D eigenvalue weighted by molar-refractivity contribution is 0.612. The molecule has 2 aliphatic rings. The number of halogens is 2. The van der Waals surface area contributed by atoms with Crippen LogP contribution in [0.3, 0.4) is 0 Å². The Morgan fingerprint density at radius 2 is 2.36 bits per heavy atom. The summed E-state index contributed by atoms with van der Waals surface area (Å²) >= 11 is 0. The third-order valence-electron chi connectivity index (χ3n) is 4.66. The molecule has 1 aliphatic heterocycles. The number of nitrogens with zero attached hydrogens (tertiary/aromatic N) is 3. The second-order valence-corrected chi connectivity index (χ2v) is 6.39. The Labute approximate surface area is 166 Å². The Kier molecular flexibility index (Phi) is 7.92. The minimum atomic E-state index is -0.259. The van der Waals surface area contributed by atoms with Crippen LogP contribution in [-0.4, -0.2) is 43.7 Å². The lowest BCUT2D eigenvalue weighted by atomic mass is 10.2. The van der Waals surface area contributed by atoms with Crippen molar-refractivity contribution in [3.8, 4) is 0 Å². The van der Waals surface area contributed by atoms with Crippen molar-refractivity contribution in [3.63, 3.8) is 0 Å². The van der Waals surface area contributed by atoms with Crippen LogP contribution in [0.1, 0.15) is 32.1 Å². The van der Waals surface area contributed by atoms with Crippen molar-refractivity contribution < 1.29 is 4.39 Å². The van der Waals surface area contributed by atoms with Gasteiger partial charge in [0.05, 0.1) is 0 Å². The Morgan fingerprint density at radius 1 is 1.48 bits per heavy atom. The smallest absolute Gasteiger partial charge is 0.191 e. The van der Waals surface area contributed by atoms with E-state index in [0.29, 0.717) is 5.82 Å². The van der Waals surface area contributed by atoms with Crippen LogP contribution in [-0.2, 0) is 0 Å². The van der Waals surface area contributed by atoms with Gasteiger partial charge >= 0.3 is 0 Å². The van der Waals surface area contributed by atoms with E-state index >= 15 is 0 Å². The van der Waals surface area contributed by atoms with Crippen LogP contribution < -0.4 is 15.5 Å². The van der Waals surface area contributed by atoms with Gasteiger partial charge < -0.3 is 15.5 Å². The van der Waals surface area contributed by atoms with Crippen LogP contribution in [0.25, 0.3) is 0 Å². The molecule has 0 aromatic carbocycles. The fourth-order valence-electron chi connectivity index (χ4n) is 3.37. The SMILES string of the molecule is CN=C(NCCC1=CCCC1)NC1CCN(c2ncccc2F)C1.I. The Morgan fingerprint density at radius 3 is 3.08 bits per heavy atom. The zero-order valence-corrected chi connectivity index (χ0v) is 17.0. The topological polar surface area (TPSA) is 52.6 Å². The van der Waals surface area contributed by atoms with Crippen molar-refractivity contribution in [1.29, 1.82) is 0 Å². The third-order valence-corrected chi connectivity index (χ3v) is 4.66. The molecule has 138 valence electrons. The number of hydrogen-bond acceptors (Lipinski definition) is 3. The molecule has 5 nitrogen and oxygen atoms in total. The van der Waals surface area contributed by atoms with Crippen LogP contribution in [0, 0.1) is 5.82 Å². The number of hydrogen-bond donors (Lipinski definition) is 2. The highest BCUT2D eigenvalue weighted by molar-refractivity contribution is 14.0. The quantitative estimate of drug-likeness (QED) is 0.308. The van der Waals surface area contributed by atoms with Gasteiger partial charge in [0.1, 0.15) is 0 Å². The van der Waals surface area contributed by atoms with Gasteiger partial charge in [-0.1, -0.05) is 11.6 Å². The summed E-state index contributed by atoms with van der Waals surface area (Å²) in [6.45, 7) is 2.44. The molecule has 0 radical (unpaired) electrons. The highest BCUT2D eigenvalue weighted by Gasteiger charge is 2.25. The molecule has 1 aromatic heterocycles. The first-order chi connectivity index (χ1) is 11.8. The molecule has 1 atom stereocenters. The zero-order valence-electron chi connectivity index (χ0n) is 14.7. The van der Waals surface area contributed by atoms with Crippen molar-refractivity contribution in [1.82, 2.24) is 15.6 Å². The molecule has 2 heterocycles. The molecule has 1 unspecified atom stereocenters.